The number of likely N-dealkylation sites (N-methyl/N-ethyl adjacent to an activating group) is 1. The van der Waals surface area contributed by atoms with Crippen molar-refractivity contribution in [3.05, 3.63) is 0 Å². The lowest BCUT2D eigenvalue weighted by molar-refractivity contribution is -0.108. The third kappa shape index (κ3) is 6.57. The second-order valence-electron chi connectivity index (χ2n) is 4.31. The van der Waals surface area contributed by atoms with Crippen LogP contribution < -0.4 is 0 Å². The monoisotopic (exact) mass is 317 g/mol. The van der Waals surface area contributed by atoms with Crippen LogP contribution in [0, 0.1) is 0 Å². The third-order valence-corrected chi connectivity index (χ3v) is 3.51. The van der Waals surface area contributed by atoms with Crippen molar-refractivity contribution in [3.8, 4) is 0 Å². The van der Waals surface area contributed by atoms with E-state index in [1.165, 1.54) is 0 Å². The molecule has 0 fully saturated rings. The SMILES string of the molecule is CCN(CC)[C@@H](CO)[C@@H](O)[C@H](O)[C@H](O)COP(=O)(O)O. The molecular formula is C10H24NO8P. The van der Waals surface area contributed by atoms with Crippen molar-refractivity contribution in [2.75, 3.05) is 26.3 Å². The van der Waals surface area contributed by atoms with Gasteiger partial charge in [-0.2, -0.15) is 0 Å². The highest BCUT2D eigenvalue weighted by Gasteiger charge is 2.34. The fraction of sp³-hybridized carbons (Fsp3) is 1.00. The molecule has 9 nitrogen and oxygen atoms in total. The number of nitrogens with zero attached hydrogens (tertiary/aromatic N) is 1. The van der Waals surface area contributed by atoms with Crippen LogP contribution in [0.3, 0.4) is 0 Å². The summed E-state index contributed by atoms with van der Waals surface area (Å²) in [5, 5.41) is 38.5. The number of hydrogen-bond acceptors (Lipinski definition) is 7. The molecule has 0 aromatic rings. The topological polar surface area (TPSA) is 151 Å². The molecule has 0 heterocycles. The van der Waals surface area contributed by atoms with E-state index in [0.717, 1.165) is 0 Å². The molecule has 0 radical (unpaired) electrons. The van der Waals surface area contributed by atoms with Crippen LogP contribution in [0.2, 0.25) is 0 Å². The van der Waals surface area contributed by atoms with E-state index in [2.05, 4.69) is 4.52 Å². The molecule has 10 heteroatoms. The highest BCUT2D eigenvalue weighted by atomic mass is 31.2. The Labute approximate surface area is 117 Å². The van der Waals surface area contributed by atoms with Gasteiger partial charge in [0, 0.05) is 0 Å². The van der Waals surface area contributed by atoms with Crippen molar-refractivity contribution in [2.45, 2.75) is 38.2 Å². The second-order valence-corrected chi connectivity index (χ2v) is 5.55. The van der Waals surface area contributed by atoms with E-state index in [0.29, 0.717) is 13.1 Å². The van der Waals surface area contributed by atoms with Gasteiger partial charge in [-0.1, -0.05) is 13.8 Å². The van der Waals surface area contributed by atoms with E-state index in [1.54, 1.807) is 18.7 Å². The van der Waals surface area contributed by atoms with E-state index >= 15 is 0 Å². The molecule has 0 aliphatic rings. The minimum Gasteiger partial charge on any atom is -0.395 e. The molecule has 0 aromatic carbocycles. The Morgan fingerprint density at radius 1 is 1.10 bits per heavy atom. The van der Waals surface area contributed by atoms with Gasteiger partial charge < -0.3 is 30.2 Å². The molecule has 0 aliphatic heterocycles. The smallest absolute Gasteiger partial charge is 0.395 e. The van der Waals surface area contributed by atoms with Gasteiger partial charge in [0.15, 0.2) is 0 Å². The fourth-order valence-electron chi connectivity index (χ4n) is 1.86. The summed E-state index contributed by atoms with van der Waals surface area (Å²) >= 11 is 0. The number of aliphatic hydroxyl groups excluding tert-OH is 4. The van der Waals surface area contributed by atoms with E-state index in [-0.39, 0.29) is 0 Å². The Balaban J connectivity index is 4.63. The maximum atomic E-state index is 10.5. The van der Waals surface area contributed by atoms with E-state index in [4.69, 9.17) is 9.79 Å². The fourth-order valence-corrected chi connectivity index (χ4v) is 2.21. The molecular weight excluding hydrogens is 293 g/mol. The maximum absolute atomic E-state index is 10.5. The number of phosphoric acid groups is 1. The molecule has 0 rings (SSSR count). The summed E-state index contributed by atoms with van der Waals surface area (Å²) in [6.45, 7) is 3.36. The molecule has 122 valence electrons. The minimum atomic E-state index is -4.76. The normalized spacial score (nSPS) is 18.9. The van der Waals surface area contributed by atoms with E-state index in [1.807, 2.05) is 0 Å². The minimum absolute atomic E-state index is 0.439. The summed E-state index contributed by atoms with van der Waals surface area (Å²) < 4.78 is 14.5. The van der Waals surface area contributed by atoms with Crippen LogP contribution >= 0.6 is 7.82 Å². The van der Waals surface area contributed by atoms with E-state index in [9.17, 15) is 25.0 Å². The highest BCUT2D eigenvalue weighted by Crippen LogP contribution is 2.35. The molecule has 0 spiro atoms. The van der Waals surface area contributed by atoms with Crippen LogP contribution in [0.5, 0.6) is 0 Å². The molecule has 0 saturated carbocycles. The Morgan fingerprint density at radius 3 is 1.95 bits per heavy atom. The first-order valence-corrected chi connectivity index (χ1v) is 7.80. The molecule has 6 N–H and O–H groups in total. The van der Waals surface area contributed by atoms with Crippen LogP contribution in [0.25, 0.3) is 0 Å². The molecule has 0 bridgehead atoms. The number of rotatable bonds is 10. The summed E-state index contributed by atoms with van der Waals surface area (Å²) in [6.07, 6.45) is -4.89. The maximum Gasteiger partial charge on any atom is 0.469 e. The summed E-state index contributed by atoms with van der Waals surface area (Å²) in [7, 11) is -4.76. The first-order valence-electron chi connectivity index (χ1n) is 6.27. The van der Waals surface area contributed by atoms with Gasteiger partial charge in [-0.25, -0.2) is 4.57 Å². The lowest BCUT2D eigenvalue weighted by Crippen LogP contribution is -2.54. The second kappa shape index (κ2) is 9.04. The van der Waals surface area contributed by atoms with Gasteiger partial charge >= 0.3 is 7.82 Å². The van der Waals surface area contributed by atoms with Gasteiger partial charge in [0.2, 0.25) is 0 Å². The lowest BCUT2D eigenvalue weighted by atomic mass is 10.0. The Kier molecular flexibility index (Phi) is 8.99. The van der Waals surface area contributed by atoms with Crippen molar-refractivity contribution >= 4 is 7.82 Å². The van der Waals surface area contributed by atoms with Gasteiger partial charge in [-0.15, -0.1) is 0 Å². The Morgan fingerprint density at radius 2 is 1.60 bits per heavy atom. The van der Waals surface area contributed by atoms with Crippen molar-refractivity contribution in [2.24, 2.45) is 0 Å². The molecule has 0 aromatic heterocycles. The predicted molar refractivity (Wildman–Crippen MR) is 69.8 cm³/mol. The zero-order valence-electron chi connectivity index (χ0n) is 11.5. The van der Waals surface area contributed by atoms with Gasteiger partial charge in [0.25, 0.3) is 0 Å². The van der Waals surface area contributed by atoms with Crippen LogP contribution in [0.15, 0.2) is 0 Å². The number of hydrogen-bond donors (Lipinski definition) is 6. The Bertz CT molecular complexity index is 308. The number of phosphoric ester groups is 1. The van der Waals surface area contributed by atoms with Crippen molar-refractivity contribution < 1.29 is 39.3 Å². The zero-order chi connectivity index (χ0) is 15.9. The van der Waals surface area contributed by atoms with Gasteiger partial charge in [0.05, 0.1) is 19.3 Å². The summed E-state index contributed by atoms with van der Waals surface area (Å²) in [5.74, 6) is 0. The Hall–Kier alpha value is -0.0900. The molecule has 0 saturated heterocycles. The van der Waals surface area contributed by atoms with Gasteiger partial charge in [0.1, 0.15) is 18.3 Å². The first-order chi connectivity index (χ1) is 9.17. The average Bonchev–Trinajstić information content (AvgIpc) is 2.39. The lowest BCUT2D eigenvalue weighted by Gasteiger charge is -2.35. The van der Waals surface area contributed by atoms with Crippen molar-refractivity contribution in [1.29, 1.82) is 0 Å². The van der Waals surface area contributed by atoms with Crippen LogP contribution in [-0.4, -0.2) is 85.8 Å². The molecule has 0 aliphatic carbocycles. The van der Waals surface area contributed by atoms with Gasteiger partial charge in [-0.05, 0) is 13.1 Å². The van der Waals surface area contributed by atoms with Gasteiger partial charge in [-0.3, -0.25) is 9.42 Å². The van der Waals surface area contributed by atoms with E-state index < -0.39 is 45.4 Å². The summed E-state index contributed by atoms with van der Waals surface area (Å²) in [6, 6.07) is -0.801. The third-order valence-electron chi connectivity index (χ3n) is 3.02. The van der Waals surface area contributed by atoms with Crippen LogP contribution in [-0.2, 0) is 9.09 Å². The predicted octanol–water partition coefficient (Wildman–Crippen LogP) is -2.12. The molecule has 20 heavy (non-hydrogen) atoms. The summed E-state index contributed by atoms with van der Waals surface area (Å²) in [4.78, 5) is 18.7. The van der Waals surface area contributed by atoms with Crippen LogP contribution in [0.4, 0.5) is 0 Å². The standard InChI is InChI=1S/C10H24NO8P/c1-3-11(4-2)7(5-12)9(14)10(15)8(13)6-19-20(16,17)18/h7-10,12-15H,3-6H2,1-2H3,(H2,16,17,18)/t7-,8+,9+,10+/m0/s1. The molecule has 0 unspecified atom stereocenters. The first kappa shape index (κ1) is 19.9. The quantitative estimate of drug-likeness (QED) is 0.248. The molecule has 4 atom stereocenters. The molecule has 0 amide bonds. The van der Waals surface area contributed by atoms with Crippen LogP contribution in [0.1, 0.15) is 13.8 Å². The highest BCUT2D eigenvalue weighted by molar-refractivity contribution is 7.46. The average molecular weight is 317 g/mol. The largest absolute Gasteiger partial charge is 0.469 e. The van der Waals surface area contributed by atoms with Crippen molar-refractivity contribution in [3.63, 3.8) is 0 Å². The zero-order valence-corrected chi connectivity index (χ0v) is 12.4. The number of aliphatic hydroxyl groups is 4. The summed E-state index contributed by atoms with van der Waals surface area (Å²) in [5.41, 5.74) is 0. The van der Waals surface area contributed by atoms with Crippen molar-refractivity contribution in [1.82, 2.24) is 4.90 Å².